The van der Waals surface area contributed by atoms with Crippen LogP contribution in [-0.2, 0) is 10.0 Å². The maximum atomic E-state index is 12.3. The van der Waals surface area contributed by atoms with Crippen LogP contribution in [0.15, 0.2) is 35.2 Å². The molecule has 21 heavy (non-hydrogen) atoms. The third-order valence-corrected chi connectivity index (χ3v) is 4.50. The van der Waals surface area contributed by atoms with E-state index in [-0.39, 0.29) is 4.90 Å². The molecule has 0 atom stereocenters. The van der Waals surface area contributed by atoms with Gasteiger partial charge in [0.05, 0.1) is 27.9 Å². The monoisotopic (exact) mass is 321 g/mol. The summed E-state index contributed by atoms with van der Waals surface area (Å²) in [7, 11) is -3.74. The summed E-state index contributed by atoms with van der Waals surface area (Å²) >= 11 is 5.74. The standard InChI is InChI=1S/C14H12ClN3O2S/c1-9-7-12(4-3-11(9)8-16)21(19,20)18-13-5-6-14(15)17-10(13)2/h3-7,18H,1-2H3. The van der Waals surface area contributed by atoms with Gasteiger partial charge in [0, 0.05) is 0 Å². The molecule has 1 N–H and O–H groups in total. The van der Waals surface area contributed by atoms with Gasteiger partial charge < -0.3 is 0 Å². The Bertz CT molecular complexity index is 842. The minimum absolute atomic E-state index is 0.0911. The van der Waals surface area contributed by atoms with Crippen molar-refractivity contribution in [1.82, 2.24) is 4.98 Å². The van der Waals surface area contributed by atoms with Crippen LogP contribution in [0.1, 0.15) is 16.8 Å². The summed E-state index contributed by atoms with van der Waals surface area (Å²) < 4.78 is 27.1. The van der Waals surface area contributed by atoms with Crippen LogP contribution < -0.4 is 4.72 Å². The molecule has 0 saturated carbocycles. The molecule has 0 saturated heterocycles. The predicted octanol–water partition coefficient (Wildman–Crippen LogP) is 3.02. The highest BCUT2D eigenvalue weighted by Crippen LogP contribution is 2.21. The molecule has 7 heteroatoms. The number of nitrogens with zero attached hydrogens (tertiary/aromatic N) is 2. The molecule has 0 amide bonds. The number of pyridine rings is 1. The third-order valence-electron chi connectivity index (χ3n) is 2.92. The summed E-state index contributed by atoms with van der Waals surface area (Å²) in [6.45, 7) is 3.35. The number of hydrogen-bond donors (Lipinski definition) is 1. The average molecular weight is 322 g/mol. The smallest absolute Gasteiger partial charge is 0.261 e. The Labute approximate surface area is 128 Å². The molecule has 1 aromatic heterocycles. The van der Waals surface area contributed by atoms with Crippen LogP contribution in [0.4, 0.5) is 5.69 Å². The predicted molar refractivity (Wildman–Crippen MR) is 80.7 cm³/mol. The number of aryl methyl sites for hydroxylation is 2. The van der Waals surface area contributed by atoms with Gasteiger partial charge in [-0.3, -0.25) is 4.72 Å². The lowest BCUT2D eigenvalue weighted by Crippen LogP contribution is -2.14. The molecule has 1 heterocycles. The van der Waals surface area contributed by atoms with Gasteiger partial charge in [-0.2, -0.15) is 5.26 Å². The van der Waals surface area contributed by atoms with Crippen LogP contribution in [0.2, 0.25) is 5.15 Å². The van der Waals surface area contributed by atoms with Crippen molar-refractivity contribution < 1.29 is 8.42 Å². The minimum Gasteiger partial charge on any atom is -0.278 e. The average Bonchev–Trinajstić information content (AvgIpc) is 2.42. The van der Waals surface area contributed by atoms with Crippen LogP contribution in [-0.4, -0.2) is 13.4 Å². The molecule has 0 unspecified atom stereocenters. The van der Waals surface area contributed by atoms with Gasteiger partial charge in [0.1, 0.15) is 5.15 Å². The van der Waals surface area contributed by atoms with Crippen molar-refractivity contribution in [2.45, 2.75) is 18.7 Å². The van der Waals surface area contributed by atoms with Gasteiger partial charge in [0.15, 0.2) is 0 Å². The van der Waals surface area contributed by atoms with Gasteiger partial charge in [-0.05, 0) is 49.7 Å². The summed E-state index contributed by atoms with van der Waals surface area (Å²) in [6, 6.07) is 9.40. The summed E-state index contributed by atoms with van der Waals surface area (Å²) in [5, 5.41) is 9.17. The summed E-state index contributed by atoms with van der Waals surface area (Å²) in [4.78, 5) is 4.08. The number of rotatable bonds is 3. The SMILES string of the molecule is Cc1cc(S(=O)(=O)Nc2ccc(Cl)nc2C)ccc1C#N. The molecule has 0 spiro atoms. The number of anilines is 1. The van der Waals surface area contributed by atoms with Crippen molar-refractivity contribution in [1.29, 1.82) is 5.26 Å². The number of hydrogen-bond acceptors (Lipinski definition) is 4. The van der Waals surface area contributed by atoms with Crippen LogP contribution in [0.5, 0.6) is 0 Å². The Hall–Kier alpha value is -2.10. The number of sulfonamides is 1. The molecule has 2 aromatic rings. The normalized spacial score (nSPS) is 11.0. The van der Waals surface area contributed by atoms with Crippen molar-refractivity contribution in [2.24, 2.45) is 0 Å². The van der Waals surface area contributed by atoms with E-state index in [1.807, 2.05) is 6.07 Å². The molecule has 0 aliphatic heterocycles. The summed E-state index contributed by atoms with van der Waals surface area (Å²) in [6.07, 6.45) is 0. The van der Waals surface area contributed by atoms with Crippen molar-refractivity contribution >= 4 is 27.3 Å². The maximum absolute atomic E-state index is 12.3. The minimum atomic E-state index is -3.74. The number of nitrogens with one attached hydrogen (secondary N) is 1. The van der Waals surface area contributed by atoms with Gasteiger partial charge in [-0.15, -0.1) is 0 Å². The van der Waals surface area contributed by atoms with Crippen molar-refractivity contribution in [3.05, 3.63) is 52.3 Å². The molecular formula is C14H12ClN3O2S. The topological polar surface area (TPSA) is 82.8 Å². The molecular weight excluding hydrogens is 310 g/mol. The first-order valence-corrected chi connectivity index (χ1v) is 7.86. The molecule has 0 bridgehead atoms. The zero-order valence-electron chi connectivity index (χ0n) is 11.4. The Kier molecular flexibility index (Phi) is 4.16. The molecule has 0 aliphatic rings. The lowest BCUT2D eigenvalue weighted by Gasteiger charge is -2.11. The molecule has 108 valence electrons. The molecule has 0 radical (unpaired) electrons. The molecule has 0 aliphatic carbocycles. The van der Waals surface area contributed by atoms with Gasteiger partial charge >= 0.3 is 0 Å². The second-order valence-corrected chi connectivity index (χ2v) is 6.53. The summed E-state index contributed by atoms with van der Waals surface area (Å²) in [5.74, 6) is 0. The van der Waals surface area contributed by atoms with Crippen molar-refractivity contribution in [3.8, 4) is 6.07 Å². The second-order valence-electron chi connectivity index (χ2n) is 4.46. The van der Waals surface area contributed by atoms with Crippen molar-refractivity contribution in [3.63, 3.8) is 0 Å². The molecule has 5 nitrogen and oxygen atoms in total. The number of aromatic nitrogens is 1. The Balaban J connectivity index is 2.39. The number of nitriles is 1. The Morgan fingerprint density at radius 1 is 1.24 bits per heavy atom. The third kappa shape index (κ3) is 3.32. The fourth-order valence-corrected chi connectivity index (χ4v) is 3.16. The van der Waals surface area contributed by atoms with Gasteiger partial charge in [-0.1, -0.05) is 11.6 Å². The zero-order valence-corrected chi connectivity index (χ0v) is 13.0. The van der Waals surface area contributed by atoms with E-state index in [9.17, 15) is 8.42 Å². The first kappa shape index (κ1) is 15.3. The Morgan fingerprint density at radius 3 is 2.52 bits per heavy atom. The van der Waals surface area contributed by atoms with E-state index in [1.165, 1.54) is 24.3 Å². The van der Waals surface area contributed by atoms with Crippen LogP contribution in [0, 0.1) is 25.2 Å². The molecule has 0 fully saturated rings. The first-order chi connectivity index (χ1) is 9.83. The number of benzene rings is 1. The van der Waals surface area contributed by atoms with E-state index in [0.29, 0.717) is 27.7 Å². The largest absolute Gasteiger partial charge is 0.278 e. The summed E-state index contributed by atoms with van der Waals surface area (Å²) in [5.41, 5.74) is 1.89. The van der Waals surface area contributed by atoms with Crippen LogP contribution >= 0.6 is 11.6 Å². The first-order valence-electron chi connectivity index (χ1n) is 6.00. The highest BCUT2D eigenvalue weighted by Gasteiger charge is 2.16. The Morgan fingerprint density at radius 2 is 1.95 bits per heavy atom. The lowest BCUT2D eigenvalue weighted by atomic mass is 10.1. The zero-order chi connectivity index (χ0) is 15.6. The highest BCUT2D eigenvalue weighted by molar-refractivity contribution is 7.92. The van der Waals surface area contributed by atoms with E-state index in [4.69, 9.17) is 16.9 Å². The van der Waals surface area contributed by atoms with Crippen LogP contribution in [0.25, 0.3) is 0 Å². The van der Waals surface area contributed by atoms with E-state index >= 15 is 0 Å². The lowest BCUT2D eigenvalue weighted by molar-refractivity contribution is 0.601. The van der Waals surface area contributed by atoms with E-state index in [2.05, 4.69) is 9.71 Å². The van der Waals surface area contributed by atoms with E-state index < -0.39 is 10.0 Å². The van der Waals surface area contributed by atoms with Gasteiger partial charge in [-0.25, -0.2) is 13.4 Å². The van der Waals surface area contributed by atoms with Crippen LogP contribution in [0.3, 0.4) is 0 Å². The highest BCUT2D eigenvalue weighted by atomic mass is 35.5. The van der Waals surface area contributed by atoms with E-state index in [1.54, 1.807) is 19.9 Å². The van der Waals surface area contributed by atoms with Gasteiger partial charge in [0.25, 0.3) is 10.0 Å². The molecule has 2 rings (SSSR count). The van der Waals surface area contributed by atoms with Gasteiger partial charge in [0.2, 0.25) is 0 Å². The fourth-order valence-electron chi connectivity index (χ4n) is 1.77. The number of halogens is 1. The second kappa shape index (κ2) is 5.72. The van der Waals surface area contributed by atoms with Crippen molar-refractivity contribution in [2.75, 3.05) is 4.72 Å². The molecule has 1 aromatic carbocycles. The fraction of sp³-hybridized carbons (Fsp3) is 0.143. The van der Waals surface area contributed by atoms with E-state index in [0.717, 1.165) is 0 Å². The quantitative estimate of drug-likeness (QED) is 0.881. The maximum Gasteiger partial charge on any atom is 0.261 e.